The smallest absolute Gasteiger partial charge is 0.309 e. The van der Waals surface area contributed by atoms with Crippen molar-refractivity contribution in [1.82, 2.24) is 0 Å². The number of nitrogens with two attached hydrogens (primary N) is 1. The Morgan fingerprint density at radius 2 is 1.79 bits per heavy atom. The van der Waals surface area contributed by atoms with E-state index in [2.05, 4.69) is 0 Å². The van der Waals surface area contributed by atoms with Crippen molar-refractivity contribution in [2.45, 2.75) is 13.3 Å². The largest absolute Gasteiger partial charge is 0.493 e. The fourth-order valence-corrected chi connectivity index (χ4v) is 1.51. The first-order valence-corrected chi connectivity index (χ1v) is 5.92. The number of benzene rings is 1. The molecule has 0 atom stereocenters. The summed E-state index contributed by atoms with van der Waals surface area (Å²) in [6.45, 7) is 2.29. The lowest BCUT2D eigenvalue weighted by Gasteiger charge is -2.14. The Bertz CT molecular complexity index is 408. The third-order valence-electron chi connectivity index (χ3n) is 2.34. The summed E-state index contributed by atoms with van der Waals surface area (Å²) in [5.74, 6) is 1.03. The van der Waals surface area contributed by atoms with Gasteiger partial charge in [-0.2, -0.15) is 0 Å². The SMILES string of the molecule is CCOC(=O)CCOc1c(OC)cc(N)cc1OC. The molecule has 0 aliphatic carbocycles. The zero-order chi connectivity index (χ0) is 14.3. The van der Waals surface area contributed by atoms with E-state index in [1.165, 1.54) is 14.2 Å². The number of carbonyl (C=O) groups is 1. The maximum atomic E-state index is 11.2. The Balaban J connectivity index is 2.73. The number of nitrogen functional groups attached to an aromatic ring is 1. The van der Waals surface area contributed by atoms with Crippen LogP contribution in [0.1, 0.15) is 13.3 Å². The van der Waals surface area contributed by atoms with Gasteiger partial charge in [-0.05, 0) is 6.92 Å². The van der Waals surface area contributed by atoms with Gasteiger partial charge in [0, 0.05) is 17.8 Å². The Hall–Kier alpha value is -2.11. The molecule has 6 nitrogen and oxygen atoms in total. The summed E-state index contributed by atoms with van der Waals surface area (Å²) in [6.07, 6.45) is 0.157. The number of anilines is 1. The van der Waals surface area contributed by atoms with Crippen LogP contribution < -0.4 is 19.9 Å². The summed E-state index contributed by atoms with van der Waals surface area (Å²) in [4.78, 5) is 11.2. The van der Waals surface area contributed by atoms with Crippen LogP contribution in [0.25, 0.3) is 0 Å². The van der Waals surface area contributed by atoms with Crippen LogP contribution in [-0.2, 0) is 9.53 Å². The van der Waals surface area contributed by atoms with Crippen LogP contribution >= 0.6 is 0 Å². The predicted molar refractivity (Wildman–Crippen MR) is 70.7 cm³/mol. The first-order valence-electron chi connectivity index (χ1n) is 5.92. The molecule has 1 aromatic rings. The number of rotatable bonds is 7. The molecule has 106 valence electrons. The highest BCUT2D eigenvalue weighted by Gasteiger charge is 2.14. The molecule has 0 bridgehead atoms. The lowest BCUT2D eigenvalue weighted by molar-refractivity contribution is -0.143. The second kappa shape index (κ2) is 7.35. The molecule has 0 unspecified atom stereocenters. The molecule has 1 aromatic carbocycles. The van der Waals surface area contributed by atoms with Crippen molar-refractivity contribution in [3.8, 4) is 17.2 Å². The summed E-state index contributed by atoms with van der Waals surface area (Å²) in [5.41, 5.74) is 6.21. The minimum Gasteiger partial charge on any atom is -0.493 e. The van der Waals surface area contributed by atoms with E-state index in [0.29, 0.717) is 29.5 Å². The molecule has 0 aromatic heterocycles. The number of ether oxygens (including phenoxy) is 4. The van der Waals surface area contributed by atoms with Crippen molar-refractivity contribution in [2.24, 2.45) is 0 Å². The third kappa shape index (κ3) is 4.24. The average molecular weight is 269 g/mol. The van der Waals surface area contributed by atoms with Crippen molar-refractivity contribution in [3.05, 3.63) is 12.1 Å². The highest BCUT2D eigenvalue weighted by Crippen LogP contribution is 2.39. The zero-order valence-electron chi connectivity index (χ0n) is 11.4. The first kappa shape index (κ1) is 14.9. The molecule has 0 saturated carbocycles. The van der Waals surface area contributed by atoms with Gasteiger partial charge in [0.05, 0.1) is 33.9 Å². The van der Waals surface area contributed by atoms with Gasteiger partial charge in [0.25, 0.3) is 0 Å². The average Bonchev–Trinajstić information content (AvgIpc) is 2.39. The Morgan fingerprint density at radius 3 is 2.26 bits per heavy atom. The first-order chi connectivity index (χ1) is 9.12. The molecule has 1 rings (SSSR count). The van der Waals surface area contributed by atoms with Gasteiger partial charge >= 0.3 is 5.97 Å². The minimum absolute atomic E-state index is 0.157. The van der Waals surface area contributed by atoms with Crippen LogP contribution in [0.15, 0.2) is 12.1 Å². The Morgan fingerprint density at radius 1 is 1.21 bits per heavy atom. The molecule has 2 N–H and O–H groups in total. The quantitative estimate of drug-likeness (QED) is 0.598. The van der Waals surface area contributed by atoms with Crippen LogP contribution in [0.5, 0.6) is 17.2 Å². The molecule has 0 aliphatic heterocycles. The highest BCUT2D eigenvalue weighted by molar-refractivity contribution is 5.69. The highest BCUT2D eigenvalue weighted by atomic mass is 16.5. The fraction of sp³-hybridized carbons (Fsp3) is 0.462. The molecule has 0 spiro atoms. The number of hydrogen-bond donors (Lipinski definition) is 1. The van der Waals surface area contributed by atoms with Crippen molar-refractivity contribution in [1.29, 1.82) is 0 Å². The monoisotopic (exact) mass is 269 g/mol. The van der Waals surface area contributed by atoms with E-state index < -0.39 is 0 Å². The molecule has 0 aliphatic rings. The number of hydrogen-bond acceptors (Lipinski definition) is 6. The van der Waals surface area contributed by atoms with Crippen LogP contribution in [-0.4, -0.2) is 33.4 Å². The van der Waals surface area contributed by atoms with Gasteiger partial charge in [0.2, 0.25) is 5.75 Å². The Kier molecular flexibility index (Phi) is 5.78. The maximum Gasteiger partial charge on any atom is 0.309 e. The van der Waals surface area contributed by atoms with Gasteiger partial charge in [0.1, 0.15) is 0 Å². The summed E-state index contributed by atoms with van der Waals surface area (Å²) in [6, 6.07) is 3.25. The van der Waals surface area contributed by atoms with Crippen molar-refractivity contribution < 1.29 is 23.7 Å². The van der Waals surface area contributed by atoms with E-state index in [9.17, 15) is 4.79 Å². The predicted octanol–water partition coefficient (Wildman–Crippen LogP) is 1.62. The van der Waals surface area contributed by atoms with Crippen molar-refractivity contribution >= 4 is 11.7 Å². The van der Waals surface area contributed by atoms with Crippen LogP contribution in [0.3, 0.4) is 0 Å². The Labute approximate surface area is 112 Å². The molecule has 0 heterocycles. The van der Waals surface area contributed by atoms with E-state index in [1.807, 2.05) is 0 Å². The second-order valence-corrected chi connectivity index (χ2v) is 3.66. The van der Waals surface area contributed by atoms with Gasteiger partial charge in [-0.15, -0.1) is 0 Å². The molecule has 0 amide bonds. The van der Waals surface area contributed by atoms with E-state index >= 15 is 0 Å². The third-order valence-corrected chi connectivity index (χ3v) is 2.34. The summed E-state index contributed by atoms with van der Waals surface area (Å²) in [7, 11) is 3.01. The maximum absolute atomic E-state index is 11.2. The fourth-order valence-electron chi connectivity index (χ4n) is 1.51. The molecular formula is C13H19NO5. The van der Waals surface area contributed by atoms with Gasteiger partial charge in [0.15, 0.2) is 11.5 Å². The normalized spacial score (nSPS) is 9.84. The van der Waals surface area contributed by atoms with E-state index in [-0.39, 0.29) is 19.0 Å². The van der Waals surface area contributed by atoms with Gasteiger partial charge in [-0.25, -0.2) is 0 Å². The van der Waals surface area contributed by atoms with E-state index in [1.54, 1.807) is 19.1 Å². The van der Waals surface area contributed by atoms with Crippen LogP contribution in [0, 0.1) is 0 Å². The minimum atomic E-state index is -0.309. The summed E-state index contributed by atoms with van der Waals surface area (Å²) in [5, 5.41) is 0. The molecule has 0 saturated heterocycles. The van der Waals surface area contributed by atoms with Crippen LogP contribution in [0.4, 0.5) is 5.69 Å². The number of methoxy groups -OCH3 is 2. The molecule has 0 fully saturated rings. The second-order valence-electron chi connectivity index (χ2n) is 3.66. The molecule has 6 heteroatoms. The van der Waals surface area contributed by atoms with Gasteiger partial charge in [-0.3, -0.25) is 4.79 Å². The summed E-state index contributed by atoms with van der Waals surface area (Å²) >= 11 is 0. The van der Waals surface area contributed by atoms with Gasteiger partial charge < -0.3 is 24.7 Å². The number of esters is 1. The van der Waals surface area contributed by atoms with Crippen molar-refractivity contribution in [3.63, 3.8) is 0 Å². The zero-order valence-corrected chi connectivity index (χ0v) is 11.4. The molecule has 0 radical (unpaired) electrons. The summed E-state index contributed by atoms with van der Waals surface area (Å²) < 4.78 is 20.7. The lowest BCUT2D eigenvalue weighted by atomic mass is 10.2. The standard InChI is InChI=1S/C13H19NO5/c1-4-18-12(15)5-6-19-13-10(16-2)7-9(14)8-11(13)17-3/h7-8H,4-6,14H2,1-3H3. The van der Waals surface area contributed by atoms with Gasteiger partial charge in [-0.1, -0.05) is 0 Å². The van der Waals surface area contributed by atoms with E-state index in [4.69, 9.17) is 24.7 Å². The van der Waals surface area contributed by atoms with Crippen LogP contribution in [0.2, 0.25) is 0 Å². The van der Waals surface area contributed by atoms with E-state index in [0.717, 1.165) is 0 Å². The topological polar surface area (TPSA) is 80.0 Å². The van der Waals surface area contributed by atoms with Crippen molar-refractivity contribution in [2.75, 3.05) is 33.2 Å². The number of carbonyl (C=O) groups excluding carboxylic acids is 1. The lowest BCUT2D eigenvalue weighted by Crippen LogP contribution is -2.10. The molecular weight excluding hydrogens is 250 g/mol. The molecule has 19 heavy (non-hydrogen) atoms.